The molecule has 0 aromatic carbocycles. The number of unbranched alkanes of at least 4 members (excludes halogenated alkanes) is 48. The summed E-state index contributed by atoms with van der Waals surface area (Å²) in [6.07, 6.45) is 58.3. The molecule has 0 aliphatic rings. The van der Waals surface area contributed by atoms with Crippen molar-refractivity contribution >= 4 is 39.5 Å². The van der Waals surface area contributed by atoms with Gasteiger partial charge in [-0.1, -0.05) is 349 Å². The zero-order valence-electron chi connectivity index (χ0n) is 61.8. The highest BCUT2D eigenvalue weighted by Crippen LogP contribution is 2.45. The molecule has 19 heteroatoms. The van der Waals surface area contributed by atoms with Crippen molar-refractivity contribution in [1.82, 2.24) is 0 Å². The summed E-state index contributed by atoms with van der Waals surface area (Å²) in [4.78, 5) is 72.7. The van der Waals surface area contributed by atoms with E-state index in [1.807, 2.05) is 0 Å². The van der Waals surface area contributed by atoms with E-state index in [0.717, 1.165) is 95.8 Å². The minimum atomic E-state index is -4.96. The lowest BCUT2D eigenvalue weighted by molar-refractivity contribution is -0.161. The molecule has 0 aliphatic heterocycles. The number of phosphoric acid groups is 2. The van der Waals surface area contributed by atoms with Crippen molar-refractivity contribution in [3.05, 3.63) is 0 Å². The molecule has 0 spiro atoms. The molecule has 2 unspecified atom stereocenters. The van der Waals surface area contributed by atoms with Gasteiger partial charge in [0.05, 0.1) is 26.4 Å². The van der Waals surface area contributed by atoms with Gasteiger partial charge < -0.3 is 33.8 Å². The lowest BCUT2D eigenvalue weighted by Crippen LogP contribution is -2.30. The first-order valence-corrected chi connectivity index (χ1v) is 42.6. The summed E-state index contributed by atoms with van der Waals surface area (Å²) in [6, 6.07) is 0. The van der Waals surface area contributed by atoms with Gasteiger partial charge >= 0.3 is 39.5 Å². The van der Waals surface area contributed by atoms with E-state index in [1.165, 1.54) is 225 Å². The van der Waals surface area contributed by atoms with Gasteiger partial charge in [-0.2, -0.15) is 0 Å². The largest absolute Gasteiger partial charge is 0.472 e. The summed E-state index contributed by atoms with van der Waals surface area (Å²) in [5, 5.41) is 10.6. The van der Waals surface area contributed by atoms with Crippen LogP contribution in [0.5, 0.6) is 0 Å². The Morgan fingerprint density at radius 3 is 0.716 bits per heavy atom. The van der Waals surface area contributed by atoms with Crippen LogP contribution in [-0.2, 0) is 65.4 Å². The number of esters is 4. The van der Waals surface area contributed by atoms with E-state index in [4.69, 9.17) is 37.0 Å². The number of carbonyl (C=O) groups excluding carboxylic acids is 4. The van der Waals surface area contributed by atoms with Crippen molar-refractivity contribution in [3.8, 4) is 0 Å². The maximum atomic E-state index is 13.1. The fourth-order valence-corrected chi connectivity index (χ4v) is 13.3. The van der Waals surface area contributed by atoms with Crippen molar-refractivity contribution in [3.63, 3.8) is 0 Å². The summed E-state index contributed by atoms with van der Waals surface area (Å²) < 4.78 is 68.4. The van der Waals surface area contributed by atoms with Crippen LogP contribution in [-0.4, -0.2) is 96.7 Å². The van der Waals surface area contributed by atoms with Crippen LogP contribution in [0.15, 0.2) is 0 Å². The average Bonchev–Trinajstić information content (AvgIpc) is 2.47. The van der Waals surface area contributed by atoms with Crippen LogP contribution >= 0.6 is 15.6 Å². The van der Waals surface area contributed by atoms with Gasteiger partial charge in [-0.25, -0.2) is 9.13 Å². The normalized spacial score (nSPS) is 13.9. The van der Waals surface area contributed by atoms with Gasteiger partial charge in [-0.3, -0.25) is 37.3 Å². The molecule has 0 amide bonds. The molecule has 0 aliphatic carbocycles. The van der Waals surface area contributed by atoms with E-state index in [2.05, 4.69) is 34.6 Å². The van der Waals surface area contributed by atoms with Crippen molar-refractivity contribution < 1.29 is 80.2 Å². The Balaban J connectivity index is 5.19. The van der Waals surface area contributed by atoms with E-state index in [-0.39, 0.29) is 25.7 Å². The highest BCUT2D eigenvalue weighted by atomic mass is 31.2. The molecule has 0 rings (SSSR count). The summed E-state index contributed by atoms with van der Waals surface area (Å²) in [7, 11) is -9.90. The maximum absolute atomic E-state index is 13.1. The number of aliphatic hydroxyl groups is 1. The lowest BCUT2D eigenvalue weighted by Gasteiger charge is -2.21. The maximum Gasteiger partial charge on any atom is 0.472 e. The summed E-state index contributed by atoms with van der Waals surface area (Å²) >= 11 is 0. The van der Waals surface area contributed by atoms with Crippen LogP contribution in [0.1, 0.15) is 401 Å². The highest BCUT2D eigenvalue weighted by Gasteiger charge is 2.30. The number of phosphoric ester groups is 2. The Bertz CT molecular complexity index is 1820. The molecule has 17 nitrogen and oxygen atoms in total. The number of aliphatic hydroxyl groups excluding tert-OH is 1. The van der Waals surface area contributed by atoms with Gasteiger partial charge in [-0.15, -0.1) is 0 Å². The van der Waals surface area contributed by atoms with E-state index in [1.54, 1.807) is 0 Å². The van der Waals surface area contributed by atoms with Crippen molar-refractivity contribution in [1.29, 1.82) is 0 Å². The summed E-state index contributed by atoms with van der Waals surface area (Å²) in [6.45, 7) is 7.30. The molecule has 0 aromatic heterocycles. The Labute approximate surface area is 581 Å². The zero-order chi connectivity index (χ0) is 69.8. The van der Waals surface area contributed by atoms with E-state index >= 15 is 0 Å². The highest BCUT2D eigenvalue weighted by molar-refractivity contribution is 7.47. The molecular formula is C76H148O17P2. The Morgan fingerprint density at radius 1 is 0.284 bits per heavy atom. The molecule has 3 N–H and O–H groups in total. The second-order valence-corrected chi connectivity index (χ2v) is 30.8. The van der Waals surface area contributed by atoms with Crippen LogP contribution in [0.4, 0.5) is 0 Å². The molecule has 0 heterocycles. The predicted molar refractivity (Wildman–Crippen MR) is 386 cm³/mol. The quantitative estimate of drug-likeness (QED) is 0.0222. The third-order valence-electron chi connectivity index (χ3n) is 17.8. The molecule has 0 aromatic rings. The molecule has 0 radical (unpaired) electrons. The number of rotatable bonds is 76. The van der Waals surface area contributed by atoms with Crippen LogP contribution in [0.25, 0.3) is 0 Å². The third kappa shape index (κ3) is 70.3. The Morgan fingerprint density at radius 2 is 0.484 bits per heavy atom. The fourth-order valence-electron chi connectivity index (χ4n) is 11.7. The Hall–Kier alpha value is -1.94. The molecule has 0 fully saturated rings. The van der Waals surface area contributed by atoms with Crippen LogP contribution in [0.3, 0.4) is 0 Å². The third-order valence-corrected chi connectivity index (χ3v) is 19.7. The second kappa shape index (κ2) is 69.2. The van der Waals surface area contributed by atoms with Crippen LogP contribution in [0, 0.1) is 5.92 Å². The molecule has 0 bridgehead atoms. The first-order valence-electron chi connectivity index (χ1n) is 39.6. The van der Waals surface area contributed by atoms with Crippen molar-refractivity contribution in [2.24, 2.45) is 5.92 Å². The molecule has 564 valence electrons. The number of hydrogen-bond acceptors (Lipinski definition) is 15. The first-order chi connectivity index (χ1) is 46.0. The van der Waals surface area contributed by atoms with Gasteiger partial charge in [0.25, 0.3) is 0 Å². The predicted octanol–water partition coefficient (Wildman–Crippen LogP) is 22.5. The average molecular weight is 1400 g/mol. The molecule has 0 saturated heterocycles. The van der Waals surface area contributed by atoms with E-state index in [9.17, 15) is 43.2 Å². The number of carbonyl (C=O) groups is 4. The fraction of sp³-hybridized carbons (Fsp3) is 0.947. The lowest BCUT2D eigenvalue weighted by atomic mass is 10.0. The van der Waals surface area contributed by atoms with E-state index in [0.29, 0.717) is 25.7 Å². The summed E-state index contributed by atoms with van der Waals surface area (Å²) in [5.74, 6) is -1.31. The van der Waals surface area contributed by atoms with Gasteiger partial charge in [0.1, 0.15) is 19.3 Å². The molecule has 0 saturated carbocycles. The minimum absolute atomic E-state index is 0.107. The molecule has 5 atom stereocenters. The number of hydrogen-bond donors (Lipinski definition) is 3. The Kier molecular flexibility index (Phi) is 67.7. The monoisotopic (exact) mass is 1400 g/mol. The minimum Gasteiger partial charge on any atom is -0.462 e. The van der Waals surface area contributed by atoms with Gasteiger partial charge in [0.2, 0.25) is 0 Å². The smallest absolute Gasteiger partial charge is 0.462 e. The standard InChI is InChI=1S/C76H148O17P2/c1-6-9-12-15-18-21-23-24-25-26-30-33-36-41-45-50-55-60-74(79)87-66-72(93-76(81)62-57-52-47-42-37-34-31-28-27-29-32-35-39-43-48-53-58-69(4)5)68-91-95(84,85)89-64-70(77)63-88-94(82,83)90-67-71(65-86-73(78)59-54-49-44-38-20-17-14-11-8-3)92-75(80)61-56-51-46-40-22-19-16-13-10-7-2/h69-72,77H,6-68H2,1-5H3,(H,82,83)(H,84,85)/t70-,71+,72+/m0/s1. The molecular weight excluding hydrogens is 1250 g/mol. The van der Waals surface area contributed by atoms with Crippen LogP contribution in [0.2, 0.25) is 0 Å². The summed E-state index contributed by atoms with van der Waals surface area (Å²) in [5.41, 5.74) is 0. The van der Waals surface area contributed by atoms with Crippen molar-refractivity contribution in [2.75, 3.05) is 39.6 Å². The molecule has 95 heavy (non-hydrogen) atoms. The topological polar surface area (TPSA) is 237 Å². The van der Waals surface area contributed by atoms with Gasteiger partial charge in [0.15, 0.2) is 12.2 Å². The number of ether oxygens (including phenoxy) is 4. The van der Waals surface area contributed by atoms with Crippen molar-refractivity contribution in [2.45, 2.75) is 419 Å². The zero-order valence-corrected chi connectivity index (χ0v) is 63.6. The van der Waals surface area contributed by atoms with E-state index < -0.39 is 97.5 Å². The first kappa shape index (κ1) is 93.1. The second-order valence-electron chi connectivity index (χ2n) is 27.9. The van der Waals surface area contributed by atoms with Crippen LogP contribution < -0.4 is 0 Å². The SMILES string of the molecule is CCCCCCCCCCCCCCCCCCCC(=O)OC[C@H](COP(=O)(O)OC[C@@H](O)COP(=O)(O)OC[C@@H](COC(=O)CCCCCCCCCCC)OC(=O)CCCCCCCCCCCC)OC(=O)CCCCCCCCCCCCCCCCCCC(C)C. The van der Waals surface area contributed by atoms with Gasteiger partial charge in [-0.05, 0) is 31.6 Å². The van der Waals surface area contributed by atoms with Gasteiger partial charge in [0, 0.05) is 25.7 Å².